The second kappa shape index (κ2) is 4.97. The summed E-state index contributed by atoms with van der Waals surface area (Å²) >= 11 is 0. The highest BCUT2D eigenvalue weighted by atomic mass is 15.2. The molecule has 1 rings (SSSR count). The van der Waals surface area contributed by atoms with Gasteiger partial charge >= 0.3 is 0 Å². The third-order valence-electron chi connectivity index (χ3n) is 2.73. The van der Waals surface area contributed by atoms with Crippen LogP contribution in [-0.4, -0.2) is 10.2 Å². The summed E-state index contributed by atoms with van der Waals surface area (Å²) in [7, 11) is 0. The number of hydrogen-bond acceptors (Lipinski definition) is 4. The average molecular weight is 197 g/mol. The highest BCUT2D eigenvalue weighted by Crippen LogP contribution is 2.28. The molecule has 0 amide bonds. The Bertz CT molecular complexity index is 266. The van der Waals surface area contributed by atoms with E-state index in [1.54, 1.807) is 6.20 Å². The number of anilines is 1. The molecule has 0 spiro atoms. The Morgan fingerprint density at radius 1 is 1.50 bits per heavy atom. The lowest BCUT2D eigenvalue weighted by atomic mass is 9.90. The maximum atomic E-state index is 5.75. The number of H-pyrrole nitrogens is 1. The fourth-order valence-electron chi connectivity index (χ4n) is 1.79. The molecule has 1 unspecified atom stereocenters. The predicted octanol–water partition coefficient (Wildman–Crippen LogP) is 0.932. The predicted molar refractivity (Wildman–Crippen MR) is 57.1 cm³/mol. The second-order valence-corrected chi connectivity index (χ2v) is 3.46. The Labute approximate surface area is 84.2 Å². The van der Waals surface area contributed by atoms with Gasteiger partial charge in [-0.05, 0) is 5.92 Å². The van der Waals surface area contributed by atoms with E-state index in [2.05, 4.69) is 29.5 Å². The molecule has 0 aromatic carbocycles. The lowest BCUT2D eigenvalue weighted by Gasteiger charge is -2.23. The van der Waals surface area contributed by atoms with Gasteiger partial charge in [-0.2, -0.15) is 5.10 Å². The molecular weight excluding hydrogens is 178 g/mol. The molecule has 0 aliphatic heterocycles. The van der Waals surface area contributed by atoms with Crippen LogP contribution in [0.4, 0.5) is 5.82 Å². The normalized spacial score (nSPS) is 13.4. The van der Waals surface area contributed by atoms with E-state index in [4.69, 9.17) is 11.6 Å². The molecule has 0 aliphatic rings. The number of nitrogens with zero attached hydrogens (tertiary/aromatic N) is 1. The number of nitrogens with two attached hydrogens (primary N) is 2. The minimum absolute atomic E-state index is 0.0868. The maximum Gasteiger partial charge on any atom is 0.123 e. The van der Waals surface area contributed by atoms with Crippen molar-refractivity contribution >= 4 is 5.82 Å². The van der Waals surface area contributed by atoms with Gasteiger partial charge < -0.3 is 5.73 Å². The summed E-state index contributed by atoms with van der Waals surface area (Å²) in [4.78, 5) is 0. The van der Waals surface area contributed by atoms with Crippen LogP contribution < -0.4 is 17.0 Å². The monoisotopic (exact) mass is 197 g/mol. The van der Waals surface area contributed by atoms with Crippen molar-refractivity contribution in [3.8, 4) is 0 Å². The quantitative estimate of drug-likeness (QED) is 0.417. The number of aromatic nitrogens is 2. The number of hydrogen-bond donors (Lipinski definition) is 4. The summed E-state index contributed by atoms with van der Waals surface area (Å²) < 4.78 is 0. The molecular formula is C9H19N5. The highest BCUT2D eigenvalue weighted by Gasteiger charge is 2.22. The van der Waals surface area contributed by atoms with Crippen LogP contribution in [0, 0.1) is 5.92 Å². The largest absolute Gasteiger partial charge is 0.384 e. The molecule has 14 heavy (non-hydrogen) atoms. The summed E-state index contributed by atoms with van der Waals surface area (Å²) in [5.74, 6) is 6.62. The first-order valence-electron chi connectivity index (χ1n) is 4.99. The van der Waals surface area contributed by atoms with Crippen LogP contribution in [0.3, 0.4) is 0 Å². The molecule has 5 heteroatoms. The third kappa shape index (κ3) is 2.05. The lowest BCUT2D eigenvalue weighted by Crippen LogP contribution is -2.33. The molecule has 0 fully saturated rings. The van der Waals surface area contributed by atoms with Crippen LogP contribution in [0.2, 0.25) is 0 Å². The van der Waals surface area contributed by atoms with Gasteiger partial charge in [0.25, 0.3) is 0 Å². The van der Waals surface area contributed by atoms with Gasteiger partial charge in [0.05, 0.1) is 12.2 Å². The van der Waals surface area contributed by atoms with E-state index in [1.807, 2.05) is 0 Å². The molecule has 0 bridgehead atoms. The van der Waals surface area contributed by atoms with Crippen molar-refractivity contribution < 1.29 is 0 Å². The molecule has 0 radical (unpaired) electrons. The summed E-state index contributed by atoms with van der Waals surface area (Å²) in [6.45, 7) is 4.30. The van der Waals surface area contributed by atoms with Gasteiger partial charge in [-0.1, -0.05) is 26.7 Å². The summed E-state index contributed by atoms with van der Waals surface area (Å²) in [6.07, 6.45) is 3.87. The van der Waals surface area contributed by atoms with Crippen molar-refractivity contribution in [2.75, 3.05) is 5.73 Å². The number of hydrazine groups is 1. The zero-order valence-corrected chi connectivity index (χ0v) is 8.75. The Kier molecular flexibility index (Phi) is 3.91. The van der Waals surface area contributed by atoms with Gasteiger partial charge in [0.1, 0.15) is 5.82 Å². The van der Waals surface area contributed by atoms with Crippen molar-refractivity contribution in [1.82, 2.24) is 15.6 Å². The Morgan fingerprint density at radius 2 is 2.14 bits per heavy atom. The van der Waals surface area contributed by atoms with Crippen LogP contribution in [0.1, 0.15) is 38.3 Å². The van der Waals surface area contributed by atoms with Gasteiger partial charge in [-0.15, -0.1) is 0 Å². The number of rotatable bonds is 5. The second-order valence-electron chi connectivity index (χ2n) is 3.46. The van der Waals surface area contributed by atoms with Crippen LogP contribution in [-0.2, 0) is 0 Å². The molecule has 5 nitrogen and oxygen atoms in total. The standard InChI is InChI=1S/C9H19N5/c1-3-6(4-2)8(13-11)7-5-12-14-9(7)10/h5-6,8,13H,3-4,11H2,1-2H3,(H3,10,12,14). The van der Waals surface area contributed by atoms with Crippen LogP contribution >= 0.6 is 0 Å². The van der Waals surface area contributed by atoms with Crippen LogP contribution in [0.25, 0.3) is 0 Å². The smallest absolute Gasteiger partial charge is 0.123 e. The Morgan fingerprint density at radius 3 is 2.50 bits per heavy atom. The highest BCUT2D eigenvalue weighted by molar-refractivity contribution is 5.39. The molecule has 80 valence electrons. The summed E-state index contributed by atoms with van der Waals surface area (Å²) in [5, 5.41) is 6.61. The minimum atomic E-state index is 0.0868. The molecule has 1 heterocycles. The first kappa shape index (κ1) is 11.0. The first-order valence-corrected chi connectivity index (χ1v) is 4.99. The molecule has 0 aliphatic carbocycles. The van der Waals surface area contributed by atoms with Gasteiger partial charge in [-0.25, -0.2) is 0 Å². The number of aromatic amines is 1. The fourth-order valence-corrected chi connectivity index (χ4v) is 1.79. The molecule has 6 N–H and O–H groups in total. The average Bonchev–Trinajstić information content (AvgIpc) is 2.61. The van der Waals surface area contributed by atoms with Crippen molar-refractivity contribution in [2.24, 2.45) is 11.8 Å². The van der Waals surface area contributed by atoms with E-state index in [-0.39, 0.29) is 6.04 Å². The molecule has 1 aromatic rings. The van der Waals surface area contributed by atoms with E-state index in [0.29, 0.717) is 11.7 Å². The first-order chi connectivity index (χ1) is 6.74. The molecule has 0 saturated carbocycles. The van der Waals surface area contributed by atoms with Gasteiger partial charge in [0, 0.05) is 5.56 Å². The number of nitrogen functional groups attached to an aromatic ring is 1. The SMILES string of the molecule is CCC(CC)C(NN)c1cn[nH]c1N. The van der Waals surface area contributed by atoms with Gasteiger partial charge in [0.2, 0.25) is 0 Å². The van der Waals surface area contributed by atoms with Crippen LogP contribution in [0.5, 0.6) is 0 Å². The van der Waals surface area contributed by atoms with Crippen molar-refractivity contribution in [3.05, 3.63) is 11.8 Å². The van der Waals surface area contributed by atoms with E-state index in [9.17, 15) is 0 Å². The zero-order valence-electron chi connectivity index (χ0n) is 8.75. The number of nitrogens with one attached hydrogen (secondary N) is 2. The zero-order chi connectivity index (χ0) is 10.6. The van der Waals surface area contributed by atoms with Crippen molar-refractivity contribution in [2.45, 2.75) is 32.7 Å². The molecule has 0 saturated heterocycles. The summed E-state index contributed by atoms with van der Waals surface area (Å²) in [6, 6.07) is 0.0868. The van der Waals surface area contributed by atoms with E-state index >= 15 is 0 Å². The lowest BCUT2D eigenvalue weighted by molar-refractivity contribution is 0.346. The summed E-state index contributed by atoms with van der Waals surface area (Å²) in [5.41, 5.74) is 9.52. The third-order valence-corrected chi connectivity index (χ3v) is 2.73. The Hall–Kier alpha value is -1.07. The van der Waals surface area contributed by atoms with Gasteiger partial charge in [-0.3, -0.25) is 16.4 Å². The fraction of sp³-hybridized carbons (Fsp3) is 0.667. The van der Waals surface area contributed by atoms with Crippen molar-refractivity contribution in [1.29, 1.82) is 0 Å². The van der Waals surface area contributed by atoms with E-state index < -0.39 is 0 Å². The topological polar surface area (TPSA) is 92.7 Å². The molecule has 1 atom stereocenters. The maximum absolute atomic E-state index is 5.75. The van der Waals surface area contributed by atoms with Gasteiger partial charge in [0.15, 0.2) is 0 Å². The van der Waals surface area contributed by atoms with Crippen molar-refractivity contribution in [3.63, 3.8) is 0 Å². The molecule has 1 aromatic heterocycles. The van der Waals surface area contributed by atoms with Crippen LogP contribution in [0.15, 0.2) is 6.20 Å². The van der Waals surface area contributed by atoms with E-state index in [0.717, 1.165) is 18.4 Å². The minimum Gasteiger partial charge on any atom is -0.384 e. The Balaban J connectivity index is 2.86. The van der Waals surface area contributed by atoms with E-state index in [1.165, 1.54) is 0 Å².